The fourth-order valence-corrected chi connectivity index (χ4v) is 1.23. The first-order valence-corrected chi connectivity index (χ1v) is 4.03. The molecular formula is C8H5BrN2. The summed E-state index contributed by atoms with van der Waals surface area (Å²) in [5, 5.41) is 1.07. The first kappa shape index (κ1) is 6.73. The molecular weight excluding hydrogens is 204 g/mol. The molecule has 11 heavy (non-hydrogen) atoms. The summed E-state index contributed by atoms with van der Waals surface area (Å²) in [6.45, 7) is 0. The van der Waals surface area contributed by atoms with Crippen LogP contribution < -0.4 is 0 Å². The van der Waals surface area contributed by atoms with Gasteiger partial charge in [0.1, 0.15) is 4.60 Å². The average Bonchev–Trinajstić information content (AvgIpc) is 2.04. The summed E-state index contributed by atoms with van der Waals surface area (Å²) in [5.74, 6) is 0. The smallest absolute Gasteiger partial charge is 0.160 e. The van der Waals surface area contributed by atoms with E-state index in [9.17, 15) is 0 Å². The van der Waals surface area contributed by atoms with Crippen LogP contribution in [-0.2, 0) is 0 Å². The van der Waals surface area contributed by atoms with E-state index in [2.05, 4.69) is 25.9 Å². The van der Waals surface area contributed by atoms with Crippen molar-refractivity contribution in [2.24, 2.45) is 0 Å². The maximum Gasteiger partial charge on any atom is 0.160 e. The van der Waals surface area contributed by atoms with Crippen LogP contribution in [0.3, 0.4) is 0 Å². The van der Waals surface area contributed by atoms with E-state index in [1.165, 1.54) is 0 Å². The predicted molar refractivity (Wildman–Crippen MR) is 47.2 cm³/mol. The van der Waals surface area contributed by atoms with E-state index in [4.69, 9.17) is 0 Å². The van der Waals surface area contributed by atoms with E-state index < -0.39 is 0 Å². The van der Waals surface area contributed by atoms with Gasteiger partial charge >= 0.3 is 0 Å². The molecule has 0 aliphatic carbocycles. The number of fused-ring (bicyclic) bond motifs is 1. The van der Waals surface area contributed by atoms with Crippen molar-refractivity contribution >= 4 is 27.0 Å². The first-order chi connectivity index (χ1) is 5.36. The summed E-state index contributed by atoms with van der Waals surface area (Å²) < 4.78 is 0.823. The highest BCUT2D eigenvalue weighted by atomic mass is 79.9. The molecule has 0 aliphatic heterocycles. The fourth-order valence-electron chi connectivity index (χ4n) is 0.930. The maximum absolute atomic E-state index is 4.18. The van der Waals surface area contributed by atoms with E-state index in [0.717, 1.165) is 15.6 Å². The molecule has 0 aromatic carbocycles. The fraction of sp³-hybridized carbons (Fsp3) is 0. The van der Waals surface area contributed by atoms with Gasteiger partial charge < -0.3 is 0 Å². The van der Waals surface area contributed by atoms with Gasteiger partial charge in [-0.15, -0.1) is 0 Å². The van der Waals surface area contributed by atoms with E-state index in [1.54, 1.807) is 6.20 Å². The number of halogens is 1. The number of rotatable bonds is 0. The molecule has 2 heterocycles. The number of hydrogen-bond donors (Lipinski definition) is 0. The Hall–Kier alpha value is -0.960. The van der Waals surface area contributed by atoms with Crippen molar-refractivity contribution in [1.82, 2.24) is 9.97 Å². The second kappa shape index (κ2) is 2.58. The van der Waals surface area contributed by atoms with Gasteiger partial charge in [-0.05, 0) is 40.2 Å². The van der Waals surface area contributed by atoms with Gasteiger partial charge in [0.15, 0.2) is 5.65 Å². The second-order valence-corrected chi connectivity index (χ2v) is 3.00. The lowest BCUT2D eigenvalue weighted by atomic mass is 10.3. The topological polar surface area (TPSA) is 25.8 Å². The van der Waals surface area contributed by atoms with Crippen molar-refractivity contribution in [1.29, 1.82) is 0 Å². The third-order valence-electron chi connectivity index (χ3n) is 1.43. The van der Waals surface area contributed by atoms with Crippen LogP contribution in [0.15, 0.2) is 35.1 Å². The highest BCUT2D eigenvalue weighted by Gasteiger charge is 1.93. The highest BCUT2D eigenvalue weighted by molar-refractivity contribution is 9.10. The molecule has 0 aliphatic rings. The SMILES string of the molecule is Brc1ccc2cccnc2n1. The quantitative estimate of drug-likeness (QED) is 0.622. The Bertz CT molecular complexity index is 387. The Labute approximate surface area is 72.4 Å². The molecule has 0 spiro atoms. The molecule has 2 aromatic rings. The number of hydrogen-bond acceptors (Lipinski definition) is 2. The minimum Gasteiger partial charge on any atom is -0.237 e. The first-order valence-electron chi connectivity index (χ1n) is 3.23. The number of nitrogens with zero attached hydrogens (tertiary/aromatic N) is 2. The minimum atomic E-state index is 0.780. The summed E-state index contributed by atoms with van der Waals surface area (Å²) in [4.78, 5) is 8.28. The van der Waals surface area contributed by atoms with Crippen LogP contribution in [0, 0.1) is 0 Å². The van der Waals surface area contributed by atoms with Gasteiger partial charge in [0.2, 0.25) is 0 Å². The Morgan fingerprint density at radius 2 is 2.09 bits per heavy atom. The average molecular weight is 209 g/mol. The zero-order valence-corrected chi connectivity index (χ0v) is 7.25. The molecule has 2 rings (SSSR count). The van der Waals surface area contributed by atoms with Crippen molar-refractivity contribution in [2.75, 3.05) is 0 Å². The second-order valence-electron chi connectivity index (χ2n) is 2.18. The van der Waals surface area contributed by atoms with Gasteiger partial charge in [-0.2, -0.15) is 0 Å². The molecule has 3 heteroatoms. The lowest BCUT2D eigenvalue weighted by Gasteiger charge is -1.93. The molecule has 0 unspecified atom stereocenters. The third kappa shape index (κ3) is 1.24. The van der Waals surface area contributed by atoms with E-state index >= 15 is 0 Å². The van der Waals surface area contributed by atoms with Gasteiger partial charge in [-0.25, -0.2) is 9.97 Å². The van der Waals surface area contributed by atoms with Crippen LogP contribution in [0.4, 0.5) is 0 Å². The summed E-state index contributed by atoms with van der Waals surface area (Å²) in [6.07, 6.45) is 1.74. The van der Waals surface area contributed by atoms with E-state index in [1.807, 2.05) is 24.3 Å². The predicted octanol–water partition coefficient (Wildman–Crippen LogP) is 2.39. The van der Waals surface area contributed by atoms with Crippen molar-refractivity contribution in [3.05, 3.63) is 35.1 Å². The van der Waals surface area contributed by atoms with Gasteiger partial charge in [-0.3, -0.25) is 0 Å². The summed E-state index contributed by atoms with van der Waals surface area (Å²) in [6, 6.07) is 7.78. The standard InChI is InChI=1S/C8H5BrN2/c9-7-4-3-6-2-1-5-10-8(6)11-7/h1-5H. The molecule has 0 fully saturated rings. The molecule has 0 amide bonds. The van der Waals surface area contributed by atoms with Crippen LogP contribution in [-0.4, -0.2) is 9.97 Å². The monoisotopic (exact) mass is 208 g/mol. The number of pyridine rings is 2. The van der Waals surface area contributed by atoms with Crippen molar-refractivity contribution in [2.45, 2.75) is 0 Å². The van der Waals surface area contributed by atoms with Crippen LogP contribution >= 0.6 is 15.9 Å². The van der Waals surface area contributed by atoms with Crippen LogP contribution in [0.5, 0.6) is 0 Å². The highest BCUT2D eigenvalue weighted by Crippen LogP contribution is 2.12. The molecule has 0 bridgehead atoms. The van der Waals surface area contributed by atoms with Gasteiger partial charge in [0, 0.05) is 11.6 Å². The van der Waals surface area contributed by atoms with Crippen LogP contribution in [0.1, 0.15) is 0 Å². The lowest BCUT2D eigenvalue weighted by Crippen LogP contribution is -1.81. The maximum atomic E-state index is 4.18. The Balaban J connectivity index is 2.83. The lowest BCUT2D eigenvalue weighted by molar-refractivity contribution is 1.26. The van der Waals surface area contributed by atoms with Gasteiger partial charge in [0.25, 0.3) is 0 Å². The molecule has 0 saturated heterocycles. The largest absolute Gasteiger partial charge is 0.237 e. The number of aromatic nitrogens is 2. The summed E-state index contributed by atoms with van der Waals surface area (Å²) in [7, 11) is 0. The van der Waals surface area contributed by atoms with Crippen molar-refractivity contribution < 1.29 is 0 Å². The van der Waals surface area contributed by atoms with Crippen molar-refractivity contribution in [3.8, 4) is 0 Å². The Kier molecular flexibility index (Phi) is 1.58. The van der Waals surface area contributed by atoms with Gasteiger partial charge in [-0.1, -0.05) is 0 Å². The zero-order valence-electron chi connectivity index (χ0n) is 5.66. The van der Waals surface area contributed by atoms with Crippen molar-refractivity contribution in [3.63, 3.8) is 0 Å². The molecule has 54 valence electrons. The van der Waals surface area contributed by atoms with Crippen LogP contribution in [0.25, 0.3) is 11.0 Å². The molecule has 2 aromatic heterocycles. The zero-order chi connectivity index (χ0) is 7.68. The van der Waals surface area contributed by atoms with Gasteiger partial charge in [0.05, 0.1) is 0 Å². The summed E-state index contributed by atoms with van der Waals surface area (Å²) in [5.41, 5.74) is 0.780. The normalized spacial score (nSPS) is 10.3. The molecule has 0 N–H and O–H groups in total. The third-order valence-corrected chi connectivity index (χ3v) is 1.87. The molecule has 0 saturated carbocycles. The Morgan fingerprint density at radius 1 is 1.18 bits per heavy atom. The van der Waals surface area contributed by atoms with Crippen LogP contribution in [0.2, 0.25) is 0 Å². The molecule has 0 radical (unpaired) electrons. The van der Waals surface area contributed by atoms with E-state index in [0.29, 0.717) is 0 Å². The molecule has 2 nitrogen and oxygen atoms in total. The minimum absolute atomic E-state index is 0.780. The van der Waals surface area contributed by atoms with E-state index in [-0.39, 0.29) is 0 Å². The molecule has 0 atom stereocenters. The summed E-state index contributed by atoms with van der Waals surface area (Å²) >= 11 is 3.28. The Morgan fingerprint density at radius 3 is 3.00 bits per heavy atom.